The molecule has 2 N–H and O–H groups in total. The lowest BCUT2D eigenvalue weighted by Gasteiger charge is -2.40. The smallest absolute Gasteiger partial charge is 0.349 e. The van der Waals surface area contributed by atoms with Crippen molar-refractivity contribution in [3.05, 3.63) is 39.7 Å². The summed E-state index contributed by atoms with van der Waals surface area (Å²) in [7, 11) is 0. The van der Waals surface area contributed by atoms with Crippen molar-refractivity contribution in [2.45, 2.75) is 25.2 Å². The number of piperazine rings is 1. The maximum atomic E-state index is 13.3. The van der Waals surface area contributed by atoms with E-state index in [0.717, 1.165) is 6.07 Å². The number of anilines is 1. The molecule has 1 saturated heterocycles. The van der Waals surface area contributed by atoms with Gasteiger partial charge >= 0.3 is 6.18 Å². The highest BCUT2D eigenvalue weighted by atomic mass is 35.5. The fourth-order valence-electron chi connectivity index (χ4n) is 2.70. The van der Waals surface area contributed by atoms with Crippen LogP contribution in [0.25, 0.3) is 11.4 Å². The van der Waals surface area contributed by atoms with E-state index in [0.29, 0.717) is 0 Å². The number of alkyl halides is 3. The van der Waals surface area contributed by atoms with Crippen LogP contribution in [0, 0.1) is 5.95 Å². The van der Waals surface area contributed by atoms with Crippen LogP contribution in [0.3, 0.4) is 0 Å². The fraction of sp³-hybridized carbons (Fsp3) is 0.400. The number of aromatic amines is 1. The standard InChI is InChI=1S/C15H14ClF4N5O/c1-7-5-22-9(15(18,19)20)6-25(7)13-11(16)14(26)24-12(23-13)8-2-3-21-10(17)4-8/h2-4,7,9,22H,5-6H2,1H3,(H,23,24,26)/t7-,9+/m0/s1. The van der Waals surface area contributed by atoms with Crippen molar-refractivity contribution in [3.8, 4) is 11.4 Å². The number of hydrogen-bond acceptors (Lipinski definition) is 5. The van der Waals surface area contributed by atoms with Crippen molar-refractivity contribution < 1.29 is 17.6 Å². The lowest BCUT2D eigenvalue weighted by Crippen LogP contribution is -2.61. The number of nitrogens with zero attached hydrogens (tertiary/aromatic N) is 3. The second-order valence-corrected chi connectivity index (χ2v) is 6.30. The van der Waals surface area contributed by atoms with Gasteiger partial charge in [-0.1, -0.05) is 11.6 Å². The summed E-state index contributed by atoms with van der Waals surface area (Å²) in [6.45, 7) is 1.27. The maximum Gasteiger partial charge on any atom is 0.405 e. The number of H-pyrrole nitrogens is 1. The van der Waals surface area contributed by atoms with Crippen molar-refractivity contribution >= 4 is 17.4 Å². The van der Waals surface area contributed by atoms with Crippen LogP contribution < -0.4 is 15.8 Å². The summed E-state index contributed by atoms with van der Waals surface area (Å²) in [6, 6.07) is 0.300. The quantitative estimate of drug-likeness (QED) is 0.607. The molecule has 140 valence electrons. The number of nitrogens with one attached hydrogen (secondary N) is 2. The monoisotopic (exact) mass is 391 g/mol. The molecule has 0 saturated carbocycles. The molecule has 1 aliphatic rings. The number of aromatic nitrogens is 3. The second kappa shape index (κ2) is 6.84. The van der Waals surface area contributed by atoms with Crippen LogP contribution in [0.5, 0.6) is 0 Å². The number of halogens is 5. The molecule has 1 aliphatic heterocycles. The van der Waals surface area contributed by atoms with Crippen molar-refractivity contribution in [2.24, 2.45) is 0 Å². The van der Waals surface area contributed by atoms with E-state index >= 15 is 0 Å². The first-order valence-electron chi connectivity index (χ1n) is 7.65. The van der Waals surface area contributed by atoms with E-state index < -0.39 is 30.3 Å². The largest absolute Gasteiger partial charge is 0.405 e. The Morgan fingerprint density at radius 2 is 2.12 bits per heavy atom. The molecule has 0 aliphatic carbocycles. The molecule has 0 spiro atoms. The zero-order valence-corrected chi connectivity index (χ0v) is 14.2. The molecular weight excluding hydrogens is 378 g/mol. The average molecular weight is 392 g/mol. The predicted molar refractivity (Wildman–Crippen MR) is 87.7 cm³/mol. The van der Waals surface area contributed by atoms with Crippen molar-refractivity contribution in [3.63, 3.8) is 0 Å². The van der Waals surface area contributed by atoms with Gasteiger partial charge in [0.05, 0.1) is 0 Å². The SMILES string of the molecule is C[C@H]1CN[C@@H](C(F)(F)F)CN1c1nc(-c2ccnc(F)c2)[nH]c(=O)c1Cl. The molecule has 0 aromatic carbocycles. The van der Waals surface area contributed by atoms with Gasteiger partial charge in [-0.2, -0.15) is 17.6 Å². The van der Waals surface area contributed by atoms with E-state index in [1.807, 2.05) is 0 Å². The summed E-state index contributed by atoms with van der Waals surface area (Å²) in [5.74, 6) is -0.870. The van der Waals surface area contributed by atoms with Gasteiger partial charge in [-0.3, -0.25) is 4.79 Å². The molecule has 3 rings (SSSR count). The summed E-state index contributed by atoms with van der Waals surface area (Å²) >= 11 is 6.01. The second-order valence-electron chi connectivity index (χ2n) is 5.92. The van der Waals surface area contributed by atoms with Crippen molar-refractivity contribution in [1.82, 2.24) is 20.3 Å². The first-order chi connectivity index (χ1) is 12.2. The van der Waals surface area contributed by atoms with Gasteiger partial charge in [0.1, 0.15) is 16.9 Å². The highest BCUT2D eigenvalue weighted by Crippen LogP contribution is 2.30. The normalized spacial score (nSPS) is 21.1. The number of pyridine rings is 1. The highest BCUT2D eigenvalue weighted by Gasteiger charge is 2.44. The Labute approximate surface area is 150 Å². The zero-order valence-electron chi connectivity index (χ0n) is 13.4. The van der Waals surface area contributed by atoms with E-state index in [2.05, 4.69) is 20.3 Å². The molecule has 26 heavy (non-hydrogen) atoms. The Kier molecular flexibility index (Phi) is 4.89. The lowest BCUT2D eigenvalue weighted by atomic mass is 10.1. The van der Waals surface area contributed by atoms with Gasteiger partial charge in [0, 0.05) is 37.0 Å². The van der Waals surface area contributed by atoms with Crippen LogP contribution in [0.4, 0.5) is 23.4 Å². The first kappa shape index (κ1) is 18.6. The third-order valence-corrected chi connectivity index (χ3v) is 4.42. The lowest BCUT2D eigenvalue weighted by molar-refractivity contribution is -0.156. The molecule has 2 aromatic heterocycles. The third kappa shape index (κ3) is 3.65. The summed E-state index contributed by atoms with van der Waals surface area (Å²) in [6.07, 6.45) is -3.27. The molecule has 0 unspecified atom stereocenters. The predicted octanol–water partition coefficient (Wildman–Crippen LogP) is 2.35. The van der Waals surface area contributed by atoms with Crippen LogP contribution >= 0.6 is 11.6 Å². The van der Waals surface area contributed by atoms with Gasteiger partial charge in [0.2, 0.25) is 5.95 Å². The van der Waals surface area contributed by atoms with Gasteiger partial charge in [0.25, 0.3) is 5.56 Å². The van der Waals surface area contributed by atoms with Crippen LogP contribution in [-0.2, 0) is 0 Å². The van der Waals surface area contributed by atoms with Gasteiger partial charge in [-0.25, -0.2) is 9.97 Å². The first-order valence-corrected chi connectivity index (χ1v) is 8.03. The Bertz CT molecular complexity index is 872. The Hall–Kier alpha value is -2.20. The van der Waals surface area contributed by atoms with Gasteiger partial charge in [-0.05, 0) is 13.0 Å². The molecule has 11 heteroatoms. The van der Waals surface area contributed by atoms with Gasteiger partial charge < -0.3 is 15.2 Å². The Morgan fingerprint density at radius 1 is 1.38 bits per heavy atom. The van der Waals surface area contributed by atoms with Gasteiger partial charge in [0.15, 0.2) is 5.82 Å². The summed E-state index contributed by atoms with van der Waals surface area (Å²) in [4.78, 5) is 23.5. The molecule has 0 amide bonds. The average Bonchev–Trinajstić information content (AvgIpc) is 2.57. The van der Waals surface area contributed by atoms with Crippen LogP contribution in [0.1, 0.15) is 6.92 Å². The molecule has 2 aromatic rings. The maximum absolute atomic E-state index is 13.3. The van der Waals surface area contributed by atoms with E-state index in [4.69, 9.17) is 11.6 Å². The number of hydrogen-bond donors (Lipinski definition) is 2. The van der Waals surface area contributed by atoms with E-state index in [1.165, 1.54) is 17.2 Å². The Morgan fingerprint density at radius 3 is 2.77 bits per heavy atom. The van der Waals surface area contributed by atoms with Crippen LogP contribution in [0.2, 0.25) is 5.02 Å². The fourth-order valence-corrected chi connectivity index (χ4v) is 2.90. The highest BCUT2D eigenvalue weighted by molar-refractivity contribution is 6.32. The van der Waals surface area contributed by atoms with Crippen molar-refractivity contribution in [2.75, 3.05) is 18.0 Å². The molecule has 0 bridgehead atoms. The minimum absolute atomic E-state index is 0.00927. The molecular formula is C15H14ClF4N5O. The molecule has 2 atom stereocenters. The third-order valence-electron chi connectivity index (χ3n) is 4.08. The number of rotatable bonds is 2. The zero-order chi connectivity index (χ0) is 19.1. The van der Waals surface area contributed by atoms with Crippen molar-refractivity contribution in [1.29, 1.82) is 0 Å². The van der Waals surface area contributed by atoms with Crippen LogP contribution in [-0.4, -0.2) is 46.3 Å². The topological polar surface area (TPSA) is 73.9 Å². The van der Waals surface area contributed by atoms with E-state index in [-0.39, 0.29) is 34.8 Å². The van der Waals surface area contributed by atoms with E-state index in [9.17, 15) is 22.4 Å². The van der Waals surface area contributed by atoms with E-state index in [1.54, 1.807) is 6.92 Å². The summed E-state index contributed by atoms with van der Waals surface area (Å²) < 4.78 is 52.5. The Balaban J connectivity index is 2.05. The minimum Gasteiger partial charge on any atom is -0.349 e. The molecule has 1 fully saturated rings. The van der Waals surface area contributed by atoms with Crippen LogP contribution in [0.15, 0.2) is 23.1 Å². The summed E-state index contributed by atoms with van der Waals surface area (Å²) in [5.41, 5.74) is -0.499. The van der Waals surface area contributed by atoms with Gasteiger partial charge in [-0.15, -0.1) is 0 Å². The molecule has 3 heterocycles. The minimum atomic E-state index is -4.46. The molecule has 6 nitrogen and oxygen atoms in total. The molecule has 0 radical (unpaired) electrons. The summed E-state index contributed by atoms with van der Waals surface area (Å²) in [5, 5.41) is 2.09.